The molecule has 1 saturated carbocycles. The molecule has 0 aromatic rings. The van der Waals surface area contributed by atoms with Crippen LogP contribution in [0, 0.1) is 11.3 Å². The average molecular weight is 284 g/mol. The molecule has 1 atom stereocenters. The highest BCUT2D eigenvalue weighted by atomic mass is 32.1. The number of aliphatic hydroxyl groups excluding tert-OH is 1. The predicted molar refractivity (Wildman–Crippen MR) is 78.7 cm³/mol. The van der Waals surface area contributed by atoms with Gasteiger partial charge < -0.3 is 15.7 Å². The van der Waals surface area contributed by atoms with Gasteiger partial charge in [0, 0.05) is 19.2 Å². The van der Waals surface area contributed by atoms with Crippen LogP contribution < -0.4 is 5.73 Å². The Bertz CT molecular complexity index is 364. The van der Waals surface area contributed by atoms with Gasteiger partial charge >= 0.3 is 0 Å². The fourth-order valence-electron chi connectivity index (χ4n) is 3.60. The van der Waals surface area contributed by atoms with Gasteiger partial charge in [0.05, 0.1) is 10.4 Å². The van der Waals surface area contributed by atoms with E-state index in [1.165, 1.54) is 0 Å². The first-order valence-electron chi connectivity index (χ1n) is 7.23. The number of likely N-dealkylation sites (tertiary alicyclic amines) is 1. The smallest absolute Gasteiger partial charge is 0.235 e. The van der Waals surface area contributed by atoms with Crippen LogP contribution in [-0.4, -0.2) is 40.1 Å². The Balaban J connectivity index is 2.14. The molecule has 1 unspecified atom stereocenters. The van der Waals surface area contributed by atoms with Gasteiger partial charge in [-0.2, -0.15) is 0 Å². The summed E-state index contributed by atoms with van der Waals surface area (Å²) in [6.07, 6.45) is 5.37. The molecule has 1 amide bonds. The van der Waals surface area contributed by atoms with Crippen LogP contribution >= 0.6 is 12.2 Å². The summed E-state index contributed by atoms with van der Waals surface area (Å²) >= 11 is 5.16. The maximum atomic E-state index is 12.9. The summed E-state index contributed by atoms with van der Waals surface area (Å²) in [4.78, 5) is 15.1. The summed E-state index contributed by atoms with van der Waals surface area (Å²) in [5, 5.41) is 9.15. The number of nitrogens with two attached hydrogens (primary N) is 1. The Labute approximate surface area is 120 Å². The topological polar surface area (TPSA) is 66.6 Å². The standard InChI is InChI=1S/C14H24N2O2S/c1-10-8-14(9-10,12(15)19)13(18)16-6-3-2-4-11(16)5-7-17/h10-11,17H,2-9H2,1H3,(H2,15,19). The third-order valence-electron chi connectivity index (χ3n) is 4.63. The van der Waals surface area contributed by atoms with Gasteiger partial charge in [-0.15, -0.1) is 0 Å². The van der Waals surface area contributed by atoms with E-state index in [1.807, 2.05) is 4.90 Å². The molecular formula is C14H24N2O2S. The molecule has 1 aliphatic carbocycles. The molecule has 3 N–H and O–H groups in total. The van der Waals surface area contributed by atoms with E-state index in [0.29, 0.717) is 17.3 Å². The number of aliphatic hydroxyl groups is 1. The Kier molecular flexibility index (Phi) is 4.46. The van der Waals surface area contributed by atoms with Gasteiger partial charge in [0.15, 0.2) is 0 Å². The summed E-state index contributed by atoms with van der Waals surface area (Å²) in [7, 11) is 0. The van der Waals surface area contributed by atoms with Crippen LogP contribution in [0.2, 0.25) is 0 Å². The second kappa shape index (κ2) is 5.75. The van der Waals surface area contributed by atoms with Crippen molar-refractivity contribution in [3.8, 4) is 0 Å². The number of amides is 1. The van der Waals surface area contributed by atoms with Gasteiger partial charge in [0.1, 0.15) is 0 Å². The Hall–Kier alpha value is -0.680. The minimum atomic E-state index is -0.597. The zero-order chi connectivity index (χ0) is 14.0. The highest BCUT2D eigenvalue weighted by molar-refractivity contribution is 7.80. The lowest BCUT2D eigenvalue weighted by Crippen LogP contribution is -2.59. The van der Waals surface area contributed by atoms with Gasteiger partial charge in [0.25, 0.3) is 0 Å². The van der Waals surface area contributed by atoms with Gasteiger partial charge in [-0.3, -0.25) is 4.79 Å². The molecule has 1 aliphatic heterocycles. The van der Waals surface area contributed by atoms with Crippen molar-refractivity contribution in [2.75, 3.05) is 13.2 Å². The van der Waals surface area contributed by atoms with E-state index >= 15 is 0 Å². The molecule has 0 aromatic carbocycles. The average Bonchev–Trinajstić information content (AvgIpc) is 2.34. The summed E-state index contributed by atoms with van der Waals surface area (Å²) in [5.74, 6) is 0.628. The monoisotopic (exact) mass is 284 g/mol. The van der Waals surface area contributed by atoms with E-state index in [4.69, 9.17) is 23.1 Å². The van der Waals surface area contributed by atoms with Crippen molar-refractivity contribution in [2.24, 2.45) is 17.1 Å². The second-order valence-corrected chi connectivity index (χ2v) is 6.56. The van der Waals surface area contributed by atoms with Gasteiger partial charge in [-0.25, -0.2) is 0 Å². The SMILES string of the molecule is CC1CC(C(=O)N2CCCCC2CCO)(C(N)=S)C1. The Morgan fingerprint density at radius 2 is 2.16 bits per heavy atom. The van der Waals surface area contributed by atoms with Crippen LogP contribution in [0.15, 0.2) is 0 Å². The van der Waals surface area contributed by atoms with Crippen molar-refractivity contribution >= 4 is 23.1 Å². The lowest BCUT2D eigenvalue weighted by atomic mass is 9.61. The number of rotatable bonds is 4. The third kappa shape index (κ3) is 2.63. The van der Waals surface area contributed by atoms with Crippen molar-refractivity contribution in [2.45, 2.75) is 51.5 Å². The maximum Gasteiger partial charge on any atom is 0.235 e. The van der Waals surface area contributed by atoms with Crippen molar-refractivity contribution < 1.29 is 9.90 Å². The Morgan fingerprint density at radius 1 is 1.47 bits per heavy atom. The highest BCUT2D eigenvalue weighted by Crippen LogP contribution is 2.47. The zero-order valence-electron chi connectivity index (χ0n) is 11.6. The van der Waals surface area contributed by atoms with Crippen LogP contribution in [0.5, 0.6) is 0 Å². The van der Waals surface area contributed by atoms with Crippen LogP contribution in [0.25, 0.3) is 0 Å². The van der Waals surface area contributed by atoms with E-state index < -0.39 is 5.41 Å². The number of hydrogen-bond donors (Lipinski definition) is 2. The van der Waals surface area contributed by atoms with Crippen LogP contribution in [0.1, 0.15) is 45.4 Å². The molecule has 108 valence electrons. The lowest BCUT2D eigenvalue weighted by Gasteiger charge is -2.49. The van der Waals surface area contributed by atoms with Crippen molar-refractivity contribution in [1.29, 1.82) is 0 Å². The summed E-state index contributed by atoms with van der Waals surface area (Å²) in [6, 6.07) is 0.161. The first-order chi connectivity index (χ1) is 9.01. The molecule has 0 radical (unpaired) electrons. The molecule has 4 nitrogen and oxygen atoms in total. The number of carbonyl (C=O) groups excluding carboxylic acids is 1. The molecule has 5 heteroatoms. The molecule has 19 heavy (non-hydrogen) atoms. The van der Waals surface area contributed by atoms with Crippen LogP contribution in [0.4, 0.5) is 0 Å². The quantitative estimate of drug-likeness (QED) is 0.767. The van der Waals surface area contributed by atoms with E-state index in [9.17, 15) is 4.79 Å². The molecular weight excluding hydrogens is 260 g/mol. The van der Waals surface area contributed by atoms with Gasteiger partial charge in [0.2, 0.25) is 5.91 Å². The normalized spacial score (nSPS) is 34.7. The third-order valence-corrected chi connectivity index (χ3v) is 5.02. The fraction of sp³-hybridized carbons (Fsp3) is 0.857. The zero-order valence-corrected chi connectivity index (χ0v) is 12.4. The first kappa shape index (κ1) is 14.7. The minimum absolute atomic E-state index is 0.108. The summed E-state index contributed by atoms with van der Waals surface area (Å²) < 4.78 is 0. The van der Waals surface area contributed by atoms with Crippen LogP contribution in [0.3, 0.4) is 0 Å². The molecule has 2 aliphatic rings. The van der Waals surface area contributed by atoms with E-state index in [0.717, 1.165) is 38.6 Å². The molecule has 0 spiro atoms. The van der Waals surface area contributed by atoms with Crippen molar-refractivity contribution in [3.63, 3.8) is 0 Å². The fourth-order valence-corrected chi connectivity index (χ4v) is 3.86. The lowest BCUT2D eigenvalue weighted by molar-refractivity contribution is -0.148. The second-order valence-electron chi connectivity index (χ2n) is 6.12. The minimum Gasteiger partial charge on any atom is -0.396 e. The molecule has 1 heterocycles. The van der Waals surface area contributed by atoms with Crippen LogP contribution in [-0.2, 0) is 4.79 Å². The van der Waals surface area contributed by atoms with Crippen molar-refractivity contribution in [3.05, 3.63) is 0 Å². The summed E-state index contributed by atoms with van der Waals surface area (Å²) in [5.41, 5.74) is 5.26. The van der Waals surface area contributed by atoms with E-state index in [1.54, 1.807) is 0 Å². The number of piperidine rings is 1. The molecule has 0 bridgehead atoms. The number of carbonyl (C=O) groups is 1. The number of nitrogens with zero attached hydrogens (tertiary/aromatic N) is 1. The number of thiocarbonyl (C=S) groups is 1. The molecule has 2 fully saturated rings. The Morgan fingerprint density at radius 3 is 2.68 bits per heavy atom. The highest BCUT2D eigenvalue weighted by Gasteiger charge is 2.53. The summed E-state index contributed by atoms with van der Waals surface area (Å²) in [6.45, 7) is 3.04. The molecule has 2 rings (SSSR count). The largest absolute Gasteiger partial charge is 0.396 e. The molecule has 1 saturated heterocycles. The van der Waals surface area contributed by atoms with E-state index in [-0.39, 0.29) is 18.6 Å². The molecule has 0 aromatic heterocycles. The predicted octanol–water partition coefficient (Wildman–Crippen LogP) is 1.45. The van der Waals surface area contributed by atoms with E-state index in [2.05, 4.69) is 6.92 Å². The van der Waals surface area contributed by atoms with Crippen molar-refractivity contribution in [1.82, 2.24) is 4.90 Å². The van der Waals surface area contributed by atoms with Gasteiger partial charge in [-0.05, 0) is 44.4 Å². The van der Waals surface area contributed by atoms with Gasteiger partial charge in [-0.1, -0.05) is 19.1 Å². The number of hydrogen-bond acceptors (Lipinski definition) is 3. The maximum absolute atomic E-state index is 12.9. The first-order valence-corrected chi connectivity index (χ1v) is 7.64.